The first-order valence-electron chi connectivity index (χ1n) is 6.66. The lowest BCUT2D eigenvalue weighted by Gasteiger charge is -2.13. The predicted molar refractivity (Wildman–Crippen MR) is 83.2 cm³/mol. The van der Waals surface area contributed by atoms with Crippen LogP contribution in [0.3, 0.4) is 0 Å². The van der Waals surface area contributed by atoms with Gasteiger partial charge in [-0.05, 0) is 43.3 Å². The summed E-state index contributed by atoms with van der Waals surface area (Å²) in [6, 6.07) is 18.2. The van der Waals surface area contributed by atoms with Gasteiger partial charge in [0.2, 0.25) is 0 Å². The SMILES string of the molecule is CNC(Cc1cccc(Cl)c1)c1cc2ccccc2o1. The number of halogens is 1. The van der Waals surface area contributed by atoms with Crippen LogP contribution in [0.2, 0.25) is 5.02 Å². The van der Waals surface area contributed by atoms with E-state index in [4.69, 9.17) is 16.0 Å². The molecule has 3 heteroatoms. The third-order valence-electron chi connectivity index (χ3n) is 3.47. The number of para-hydroxylation sites is 1. The third kappa shape index (κ3) is 2.72. The van der Waals surface area contributed by atoms with Crippen LogP contribution in [0.25, 0.3) is 11.0 Å². The van der Waals surface area contributed by atoms with E-state index in [9.17, 15) is 0 Å². The molecule has 0 bridgehead atoms. The molecule has 1 heterocycles. The number of benzene rings is 2. The van der Waals surface area contributed by atoms with E-state index in [0.29, 0.717) is 0 Å². The van der Waals surface area contributed by atoms with Crippen LogP contribution in [0.15, 0.2) is 59.0 Å². The summed E-state index contributed by atoms with van der Waals surface area (Å²) in [5.74, 6) is 0.952. The smallest absolute Gasteiger partial charge is 0.134 e. The number of hydrogen-bond acceptors (Lipinski definition) is 2. The van der Waals surface area contributed by atoms with E-state index in [1.807, 2.05) is 43.4 Å². The van der Waals surface area contributed by atoms with Crippen LogP contribution >= 0.6 is 11.6 Å². The summed E-state index contributed by atoms with van der Waals surface area (Å²) in [5.41, 5.74) is 2.12. The molecule has 0 radical (unpaired) electrons. The molecule has 1 N–H and O–H groups in total. The summed E-state index contributed by atoms with van der Waals surface area (Å²) >= 11 is 6.04. The molecule has 3 aromatic rings. The van der Waals surface area contributed by atoms with Crippen LogP contribution in [-0.4, -0.2) is 7.05 Å². The van der Waals surface area contributed by atoms with Crippen molar-refractivity contribution in [2.24, 2.45) is 0 Å². The maximum absolute atomic E-state index is 6.04. The molecular weight excluding hydrogens is 270 g/mol. The first-order chi connectivity index (χ1) is 9.76. The third-order valence-corrected chi connectivity index (χ3v) is 3.70. The van der Waals surface area contributed by atoms with Gasteiger partial charge in [-0.1, -0.05) is 41.9 Å². The largest absolute Gasteiger partial charge is 0.459 e. The molecule has 3 rings (SSSR count). The minimum Gasteiger partial charge on any atom is -0.459 e. The van der Waals surface area contributed by atoms with E-state index < -0.39 is 0 Å². The zero-order chi connectivity index (χ0) is 13.9. The van der Waals surface area contributed by atoms with Gasteiger partial charge in [0, 0.05) is 10.4 Å². The number of hydrogen-bond donors (Lipinski definition) is 1. The van der Waals surface area contributed by atoms with Gasteiger partial charge >= 0.3 is 0 Å². The Bertz CT molecular complexity index is 687. The molecule has 0 saturated carbocycles. The Morgan fingerprint density at radius 1 is 1.10 bits per heavy atom. The van der Waals surface area contributed by atoms with E-state index in [2.05, 4.69) is 23.5 Å². The zero-order valence-corrected chi connectivity index (χ0v) is 12.0. The monoisotopic (exact) mass is 285 g/mol. The van der Waals surface area contributed by atoms with Crippen LogP contribution in [-0.2, 0) is 6.42 Å². The van der Waals surface area contributed by atoms with Crippen molar-refractivity contribution in [1.82, 2.24) is 5.32 Å². The molecular formula is C17H16ClNO. The predicted octanol–water partition coefficient (Wildman–Crippen LogP) is 4.59. The minimum absolute atomic E-state index is 0.140. The van der Waals surface area contributed by atoms with Gasteiger partial charge in [0.25, 0.3) is 0 Å². The molecule has 1 atom stereocenters. The van der Waals surface area contributed by atoms with Crippen molar-refractivity contribution in [3.63, 3.8) is 0 Å². The summed E-state index contributed by atoms with van der Waals surface area (Å²) in [6.45, 7) is 0. The number of likely N-dealkylation sites (N-methyl/N-ethyl adjacent to an activating group) is 1. The lowest BCUT2D eigenvalue weighted by molar-refractivity contribution is 0.451. The Morgan fingerprint density at radius 2 is 1.95 bits per heavy atom. The molecule has 2 nitrogen and oxygen atoms in total. The van der Waals surface area contributed by atoms with E-state index in [1.54, 1.807) is 0 Å². The second kappa shape index (κ2) is 5.70. The van der Waals surface area contributed by atoms with Crippen LogP contribution < -0.4 is 5.32 Å². The number of nitrogens with one attached hydrogen (secondary N) is 1. The molecule has 0 spiro atoms. The van der Waals surface area contributed by atoms with Crippen LogP contribution in [0.4, 0.5) is 0 Å². The molecule has 20 heavy (non-hydrogen) atoms. The Labute approximate surface area is 123 Å². The van der Waals surface area contributed by atoms with E-state index in [1.165, 1.54) is 5.56 Å². The summed E-state index contributed by atoms with van der Waals surface area (Å²) < 4.78 is 5.93. The number of furan rings is 1. The molecule has 0 fully saturated rings. The van der Waals surface area contributed by atoms with Crippen LogP contribution in [0.5, 0.6) is 0 Å². The molecule has 1 unspecified atom stereocenters. The van der Waals surface area contributed by atoms with Gasteiger partial charge < -0.3 is 9.73 Å². The molecule has 102 valence electrons. The molecule has 0 aliphatic carbocycles. The van der Waals surface area contributed by atoms with E-state index in [-0.39, 0.29) is 6.04 Å². The fourth-order valence-electron chi connectivity index (χ4n) is 2.42. The topological polar surface area (TPSA) is 25.2 Å². The van der Waals surface area contributed by atoms with Crippen molar-refractivity contribution in [1.29, 1.82) is 0 Å². The molecule has 0 saturated heterocycles. The normalized spacial score (nSPS) is 12.7. The average Bonchev–Trinajstić information content (AvgIpc) is 2.88. The van der Waals surface area contributed by atoms with Crippen LogP contribution in [0, 0.1) is 0 Å². The van der Waals surface area contributed by atoms with Gasteiger partial charge in [-0.3, -0.25) is 0 Å². The highest BCUT2D eigenvalue weighted by Gasteiger charge is 2.15. The Hall–Kier alpha value is -1.77. The van der Waals surface area contributed by atoms with Crippen molar-refractivity contribution >= 4 is 22.6 Å². The minimum atomic E-state index is 0.140. The standard InChI is InChI=1S/C17H16ClNO/c1-19-15(10-12-5-4-7-14(18)9-12)17-11-13-6-2-3-8-16(13)20-17/h2-9,11,15,19H,10H2,1H3. The quantitative estimate of drug-likeness (QED) is 0.758. The molecule has 0 aliphatic rings. The zero-order valence-electron chi connectivity index (χ0n) is 11.3. The first-order valence-corrected chi connectivity index (χ1v) is 7.04. The number of fused-ring (bicyclic) bond motifs is 1. The first kappa shape index (κ1) is 13.2. The highest BCUT2D eigenvalue weighted by Crippen LogP contribution is 2.26. The van der Waals surface area contributed by atoms with Crippen molar-refractivity contribution < 1.29 is 4.42 Å². The van der Waals surface area contributed by atoms with Gasteiger partial charge in [0.05, 0.1) is 6.04 Å². The Morgan fingerprint density at radius 3 is 2.70 bits per heavy atom. The van der Waals surface area contributed by atoms with Crippen molar-refractivity contribution in [2.75, 3.05) is 7.05 Å². The highest BCUT2D eigenvalue weighted by atomic mass is 35.5. The van der Waals surface area contributed by atoms with Crippen LogP contribution in [0.1, 0.15) is 17.4 Å². The number of rotatable bonds is 4. The summed E-state index contributed by atoms with van der Waals surface area (Å²) in [7, 11) is 1.95. The Balaban J connectivity index is 1.89. The summed E-state index contributed by atoms with van der Waals surface area (Å²) in [4.78, 5) is 0. The lowest BCUT2D eigenvalue weighted by Crippen LogP contribution is -2.18. The Kier molecular flexibility index (Phi) is 3.77. The molecule has 2 aromatic carbocycles. The van der Waals surface area contributed by atoms with Gasteiger partial charge in [-0.15, -0.1) is 0 Å². The summed E-state index contributed by atoms with van der Waals surface area (Å²) in [6.07, 6.45) is 0.844. The van der Waals surface area contributed by atoms with Gasteiger partial charge in [0.15, 0.2) is 0 Å². The van der Waals surface area contributed by atoms with E-state index >= 15 is 0 Å². The van der Waals surface area contributed by atoms with Crippen molar-refractivity contribution in [2.45, 2.75) is 12.5 Å². The van der Waals surface area contributed by atoms with Gasteiger partial charge in [-0.25, -0.2) is 0 Å². The second-order valence-corrected chi connectivity index (χ2v) is 5.30. The highest BCUT2D eigenvalue weighted by molar-refractivity contribution is 6.30. The summed E-state index contributed by atoms with van der Waals surface area (Å²) in [5, 5.41) is 5.21. The molecule has 0 amide bonds. The van der Waals surface area contributed by atoms with Crippen molar-refractivity contribution in [3.8, 4) is 0 Å². The average molecular weight is 286 g/mol. The lowest BCUT2D eigenvalue weighted by atomic mass is 10.0. The fraction of sp³-hybridized carbons (Fsp3) is 0.176. The molecule has 1 aromatic heterocycles. The molecule has 0 aliphatic heterocycles. The maximum Gasteiger partial charge on any atom is 0.134 e. The van der Waals surface area contributed by atoms with Gasteiger partial charge in [-0.2, -0.15) is 0 Å². The van der Waals surface area contributed by atoms with Crippen molar-refractivity contribution in [3.05, 3.63) is 70.9 Å². The van der Waals surface area contributed by atoms with Gasteiger partial charge in [0.1, 0.15) is 11.3 Å². The maximum atomic E-state index is 6.04. The second-order valence-electron chi connectivity index (χ2n) is 4.86. The fourth-order valence-corrected chi connectivity index (χ4v) is 2.63. The van der Waals surface area contributed by atoms with E-state index in [0.717, 1.165) is 28.2 Å².